The van der Waals surface area contributed by atoms with Gasteiger partial charge in [-0.1, -0.05) is 12.1 Å². The lowest BCUT2D eigenvalue weighted by molar-refractivity contribution is 0.513. The first-order valence-electron chi connectivity index (χ1n) is 8.79. The van der Waals surface area contributed by atoms with Crippen LogP contribution in [0.1, 0.15) is 24.2 Å². The zero-order valence-corrected chi connectivity index (χ0v) is 14.7. The number of hydrogen-bond donors (Lipinski definition) is 1. The lowest BCUT2D eigenvalue weighted by Gasteiger charge is -2.17. The Morgan fingerprint density at radius 2 is 1.77 bits per heavy atom. The van der Waals surface area contributed by atoms with Gasteiger partial charge in [-0.2, -0.15) is 5.26 Å². The summed E-state index contributed by atoms with van der Waals surface area (Å²) in [5, 5.41) is 20.4. The third kappa shape index (κ3) is 2.70. The molecule has 1 aliphatic rings. The maximum atomic E-state index is 10.7. The molecular formula is C21H20N4O. The number of aliphatic hydroxyl groups excluding tert-OH is 1. The number of para-hydroxylation sites is 2. The quantitative estimate of drug-likeness (QED) is 0.573. The van der Waals surface area contributed by atoms with E-state index in [2.05, 4.69) is 16.0 Å². The van der Waals surface area contributed by atoms with Crippen molar-refractivity contribution in [2.45, 2.75) is 12.8 Å². The van der Waals surface area contributed by atoms with Crippen LogP contribution in [0.4, 0.5) is 5.69 Å². The zero-order chi connectivity index (χ0) is 18.1. The highest BCUT2D eigenvalue weighted by Gasteiger charge is 2.18. The third-order valence-electron chi connectivity index (χ3n) is 4.97. The number of benzene rings is 2. The largest absolute Gasteiger partial charge is 0.506 e. The van der Waals surface area contributed by atoms with Crippen LogP contribution in [0.2, 0.25) is 0 Å². The van der Waals surface area contributed by atoms with Gasteiger partial charge in [0.1, 0.15) is 17.4 Å². The van der Waals surface area contributed by atoms with Crippen molar-refractivity contribution < 1.29 is 5.11 Å². The van der Waals surface area contributed by atoms with E-state index in [0.29, 0.717) is 11.4 Å². The number of allylic oxidation sites excluding steroid dienone is 1. The lowest BCUT2D eigenvalue weighted by atomic mass is 10.1. The molecule has 5 heteroatoms. The van der Waals surface area contributed by atoms with Gasteiger partial charge in [-0.25, -0.2) is 4.98 Å². The number of rotatable bonds is 3. The number of hydrogen-bond acceptors (Lipinski definition) is 4. The van der Waals surface area contributed by atoms with Gasteiger partial charge in [0.15, 0.2) is 5.82 Å². The maximum Gasteiger partial charge on any atom is 0.155 e. The Morgan fingerprint density at radius 1 is 1.08 bits per heavy atom. The van der Waals surface area contributed by atoms with E-state index < -0.39 is 0 Å². The first-order chi connectivity index (χ1) is 12.7. The van der Waals surface area contributed by atoms with Gasteiger partial charge in [0.25, 0.3) is 0 Å². The van der Waals surface area contributed by atoms with Gasteiger partial charge in [-0.15, -0.1) is 0 Å². The van der Waals surface area contributed by atoms with Crippen LogP contribution in [0.5, 0.6) is 0 Å². The van der Waals surface area contributed by atoms with Crippen LogP contribution in [0.3, 0.4) is 0 Å². The molecule has 2 heterocycles. The van der Waals surface area contributed by atoms with Crippen molar-refractivity contribution >= 4 is 28.1 Å². The van der Waals surface area contributed by atoms with Crippen molar-refractivity contribution in [3.8, 4) is 6.07 Å². The van der Waals surface area contributed by atoms with Crippen LogP contribution in [0, 0.1) is 11.3 Å². The standard InChI is InChI=1S/C21H20N4O/c1-24-19-7-3-2-6-18(19)23-21(24)17(14-22)20(26)15-8-10-16(11-9-15)25-12-4-5-13-25/h2-3,6-11,26H,4-5,12-13H2,1H3/b20-17-. The molecule has 26 heavy (non-hydrogen) atoms. The molecule has 0 aliphatic carbocycles. The summed E-state index contributed by atoms with van der Waals surface area (Å²) in [5.41, 5.74) is 3.68. The minimum atomic E-state index is -0.0427. The topological polar surface area (TPSA) is 65.1 Å². The van der Waals surface area contributed by atoms with E-state index in [1.807, 2.05) is 60.1 Å². The molecule has 0 saturated carbocycles. The normalized spacial score (nSPS) is 15.2. The van der Waals surface area contributed by atoms with E-state index in [1.165, 1.54) is 12.8 Å². The van der Waals surface area contributed by atoms with E-state index >= 15 is 0 Å². The van der Waals surface area contributed by atoms with Crippen LogP contribution < -0.4 is 4.90 Å². The van der Waals surface area contributed by atoms with Crippen molar-refractivity contribution in [2.75, 3.05) is 18.0 Å². The maximum absolute atomic E-state index is 10.7. The molecule has 1 saturated heterocycles. The molecule has 0 atom stereocenters. The number of imidazole rings is 1. The minimum Gasteiger partial charge on any atom is -0.506 e. The fourth-order valence-corrected chi connectivity index (χ4v) is 3.53. The van der Waals surface area contributed by atoms with E-state index in [0.717, 1.165) is 29.8 Å². The molecule has 1 aromatic heterocycles. The van der Waals surface area contributed by atoms with Crippen molar-refractivity contribution in [2.24, 2.45) is 7.05 Å². The van der Waals surface area contributed by atoms with E-state index in [1.54, 1.807) is 0 Å². The molecule has 0 amide bonds. The summed E-state index contributed by atoms with van der Waals surface area (Å²) in [6, 6.07) is 17.5. The average molecular weight is 344 g/mol. The number of aromatic nitrogens is 2. The summed E-state index contributed by atoms with van der Waals surface area (Å²) in [4.78, 5) is 6.86. The highest BCUT2D eigenvalue weighted by Crippen LogP contribution is 2.28. The number of fused-ring (bicyclic) bond motifs is 1. The number of nitrogens with zero attached hydrogens (tertiary/aromatic N) is 4. The first kappa shape index (κ1) is 16.2. The number of nitriles is 1. The molecule has 1 N–H and O–H groups in total. The molecular weight excluding hydrogens is 324 g/mol. The Bertz CT molecular complexity index is 1020. The summed E-state index contributed by atoms with van der Waals surface area (Å²) in [5.74, 6) is 0.425. The lowest BCUT2D eigenvalue weighted by Crippen LogP contribution is -2.17. The van der Waals surface area contributed by atoms with Crippen LogP contribution in [-0.2, 0) is 7.05 Å². The average Bonchev–Trinajstić information content (AvgIpc) is 3.32. The van der Waals surface area contributed by atoms with Crippen LogP contribution in [-0.4, -0.2) is 27.7 Å². The van der Waals surface area contributed by atoms with Gasteiger partial charge >= 0.3 is 0 Å². The van der Waals surface area contributed by atoms with E-state index in [-0.39, 0.29) is 11.3 Å². The fraction of sp³-hybridized carbons (Fsp3) is 0.238. The van der Waals surface area contributed by atoms with Gasteiger partial charge in [0.2, 0.25) is 0 Å². The Hall–Kier alpha value is -3.26. The summed E-state index contributed by atoms with van der Waals surface area (Å²) in [6.45, 7) is 2.15. The molecule has 3 aromatic rings. The molecule has 0 bridgehead atoms. The second-order valence-corrected chi connectivity index (χ2v) is 6.56. The second-order valence-electron chi connectivity index (χ2n) is 6.56. The van der Waals surface area contributed by atoms with Crippen molar-refractivity contribution in [3.63, 3.8) is 0 Å². The monoisotopic (exact) mass is 344 g/mol. The first-order valence-corrected chi connectivity index (χ1v) is 8.79. The summed E-state index contributed by atoms with van der Waals surface area (Å²) in [7, 11) is 1.85. The summed E-state index contributed by atoms with van der Waals surface area (Å²) >= 11 is 0. The third-order valence-corrected chi connectivity index (χ3v) is 4.97. The molecule has 0 spiro atoms. The Morgan fingerprint density at radius 3 is 2.42 bits per heavy atom. The van der Waals surface area contributed by atoms with Crippen molar-refractivity contribution in [1.29, 1.82) is 5.26 Å². The van der Waals surface area contributed by atoms with Gasteiger partial charge in [-0.05, 0) is 49.2 Å². The smallest absolute Gasteiger partial charge is 0.155 e. The number of anilines is 1. The molecule has 0 radical (unpaired) electrons. The Balaban J connectivity index is 1.75. The number of aryl methyl sites for hydroxylation is 1. The summed E-state index contributed by atoms with van der Waals surface area (Å²) < 4.78 is 1.84. The summed E-state index contributed by atoms with van der Waals surface area (Å²) in [6.07, 6.45) is 2.44. The van der Waals surface area contributed by atoms with Crippen molar-refractivity contribution in [1.82, 2.24) is 9.55 Å². The van der Waals surface area contributed by atoms with Gasteiger partial charge in [0, 0.05) is 31.4 Å². The van der Waals surface area contributed by atoms with Crippen LogP contribution >= 0.6 is 0 Å². The van der Waals surface area contributed by atoms with E-state index in [9.17, 15) is 10.4 Å². The molecule has 1 fully saturated rings. The SMILES string of the molecule is Cn1c(/C(C#N)=C(\O)c2ccc(N3CCCC3)cc2)nc2ccccc21. The fourth-order valence-electron chi connectivity index (χ4n) is 3.53. The predicted octanol–water partition coefficient (Wildman–Crippen LogP) is 4.12. The molecule has 2 aromatic carbocycles. The second kappa shape index (κ2) is 6.57. The minimum absolute atomic E-state index is 0.0427. The molecule has 5 nitrogen and oxygen atoms in total. The molecule has 4 rings (SSSR count). The van der Waals surface area contributed by atoms with Crippen molar-refractivity contribution in [3.05, 3.63) is 59.9 Å². The van der Waals surface area contributed by atoms with Gasteiger partial charge in [0.05, 0.1) is 11.0 Å². The zero-order valence-electron chi connectivity index (χ0n) is 14.7. The Labute approximate surface area is 152 Å². The molecule has 130 valence electrons. The highest BCUT2D eigenvalue weighted by atomic mass is 16.3. The molecule has 1 aliphatic heterocycles. The van der Waals surface area contributed by atoms with Crippen LogP contribution in [0.25, 0.3) is 22.4 Å². The van der Waals surface area contributed by atoms with Gasteiger partial charge < -0.3 is 14.6 Å². The predicted molar refractivity (Wildman–Crippen MR) is 104 cm³/mol. The number of aliphatic hydroxyl groups is 1. The highest BCUT2D eigenvalue weighted by molar-refractivity contribution is 5.94. The van der Waals surface area contributed by atoms with Gasteiger partial charge in [-0.3, -0.25) is 0 Å². The van der Waals surface area contributed by atoms with E-state index in [4.69, 9.17) is 0 Å². The molecule has 0 unspecified atom stereocenters. The van der Waals surface area contributed by atoms with Crippen LogP contribution in [0.15, 0.2) is 48.5 Å². The Kier molecular flexibility index (Phi) is 4.10.